The van der Waals surface area contributed by atoms with Crippen LogP contribution in [0.1, 0.15) is 47.8 Å². The number of likely N-dealkylation sites (tertiary alicyclic amines) is 1. The predicted molar refractivity (Wildman–Crippen MR) is 122 cm³/mol. The summed E-state index contributed by atoms with van der Waals surface area (Å²) in [6.45, 7) is 5.48. The van der Waals surface area contributed by atoms with Crippen LogP contribution < -0.4 is 5.32 Å². The average Bonchev–Trinajstić information content (AvgIpc) is 2.78. The van der Waals surface area contributed by atoms with Gasteiger partial charge in [0.25, 0.3) is 0 Å². The first-order valence-corrected chi connectivity index (χ1v) is 10.9. The number of pyridine rings is 1. The second-order valence-electron chi connectivity index (χ2n) is 8.23. The van der Waals surface area contributed by atoms with E-state index in [0.717, 1.165) is 54.5 Å². The van der Waals surface area contributed by atoms with Crippen LogP contribution in [0.15, 0.2) is 54.7 Å². The molecule has 160 valence electrons. The molecule has 1 aliphatic heterocycles. The quantitative estimate of drug-likeness (QED) is 0.638. The molecule has 31 heavy (non-hydrogen) atoms. The van der Waals surface area contributed by atoms with E-state index in [1.165, 1.54) is 5.56 Å². The normalized spacial score (nSPS) is 16.2. The van der Waals surface area contributed by atoms with Gasteiger partial charge in [-0.25, -0.2) is 15.0 Å². The number of hydrogen-bond donors (Lipinski definition) is 1. The van der Waals surface area contributed by atoms with Gasteiger partial charge in [0, 0.05) is 37.7 Å². The molecule has 6 nitrogen and oxygen atoms in total. The molecule has 1 aromatic carbocycles. The van der Waals surface area contributed by atoms with Crippen molar-refractivity contribution in [3.8, 4) is 0 Å². The molecule has 1 saturated heterocycles. The third-order valence-electron chi connectivity index (χ3n) is 5.69. The van der Waals surface area contributed by atoms with Crippen molar-refractivity contribution >= 4 is 17.5 Å². The number of aromatic nitrogens is 3. The van der Waals surface area contributed by atoms with Gasteiger partial charge in [-0.1, -0.05) is 30.3 Å². The van der Waals surface area contributed by atoms with Crippen LogP contribution in [0.3, 0.4) is 0 Å². The van der Waals surface area contributed by atoms with Crippen LogP contribution in [0.2, 0.25) is 0 Å². The third kappa shape index (κ3) is 5.66. The van der Waals surface area contributed by atoms with Gasteiger partial charge in [-0.3, -0.25) is 4.79 Å². The highest BCUT2D eigenvalue weighted by Gasteiger charge is 2.26. The lowest BCUT2D eigenvalue weighted by Gasteiger charge is -2.33. The van der Waals surface area contributed by atoms with E-state index in [2.05, 4.69) is 27.4 Å². The first-order chi connectivity index (χ1) is 15.1. The van der Waals surface area contributed by atoms with Gasteiger partial charge in [0.1, 0.15) is 17.5 Å². The van der Waals surface area contributed by atoms with Crippen molar-refractivity contribution in [2.24, 2.45) is 0 Å². The van der Waals surface area contributed by atoms with Gasteiger partial charge < -0.3 is 10.2 Å². The van der Waals surface area contributed by atoms with Gasteiger partial charge in [0.15, 0.2) is 0 Å². The number of carbonyl (C=O) groups is 1. The Labute approximate surface area is 183 Å². The minimum absolute atomic E-state index is 0.224. The largest absolute Gasteiger partial charge is 0.342 e. The van der Waals surface area contributed by atoms with Crippen LogP contribution in [-0.4, -0.2) is 38.8 Å². The van der Waals surface area contributed by atoms with Crippen molar-refractivity contribution in [1.82, 2.24) is 19.9 Å². The average molecular weight is 416 g/mol. The Morgan fingerprint density at radius 1 is 1.10 bits per heavy atom. The van der Waals surface area contributed by atoms with E-state index in [9.17, 15) is 4.79 Å². The molecule has 1 amide bonds. The van der Waals surface area contributed by atoms with Gasteiger partial charge in [-0.15, -0.1) is 0 Å². The molecule has 0 bridgehead atoms. The van der Waals surface area contributed by atoms with Gasteiger partial charge in [0.2, 0.25) is 5.91 Å². The maximum atomic E-state index is 12.8. The molecular weight excluding hydrogens is 386 g/mol. The van der Waals surface area contributed by atoms with Gasteiger partial charge in [-0.05, 0) is 56.4 Å². The van der Waals surface area contributed by atoms with E-state index in [1.807, 2.05) is 55.1 Å². The molecule has 4 rings (SSSR count). The van der Waals surface area contributed by atoms with Crippen molar-refractivity contribution in [3.63, 3.8) is 0 Å². The molecule has 1 aliphatic rings. The summed E-state index contributed by atoms with van der Waals surface area (Å²) in [7, 11) is 0. The smallest absolute Gasteiger partial charge is 0.222 e. The summed E-state index contributed by atoms with van der Waals surface area (Å²) >= 11 is 0. The number of aryl methyl sites for hydroxylation is 3. The van der Waals surface area contributed by atoms with Crippen LogP contribution in [-0.2, 0) is 11.2 Å². The Hall–Kier alpha value is -3.28. The lowest BCUT2D eigenvalue weighted by molar-refractivity contribution is -0.132. The molecule has 1 atom stereocenters. The summed E-state index contributed by atoms with van der Waals surface area (Å²) in [4.78, 5) is 28.4. The summed E-state index contributed by atoms with van der Waals surface area (Å²) in [5.74, 6) is 2.68. The van der Waals surface area contributed by atoms with Crippen molar-refractivity contribution in [1.29, 1.82) is 0 Å². The second kappa shape index (κ2) is 9.69. The van der Waals surface area contributed by atoms with E-state index >= 15 is 0 Å². The number of nitrogens with one attached hydrogen (secondary N) is 1. The highest BCUT2D eigenvalue weighted by molar-refractivity contribution is 5.76. The van der Waals surface area contributed by atoms with E-state index in [0.29, 0.717) is 13.0 Å². The van der Waals surface area contributed by atoms with E-state index in [-0.39, 0.29) is 11.8 Å². The van der Waals surface area contributed by atoms with Crippen LogP contribution in [0.4, 0.5) is 11.6 Å². The second-order valence-corrected chi connectivity index (χ2v) is 8.23. The first-order valence-electron chi connectivity index (χ1n) is 10.9. The van der Waals surface area contributed by atoms with Crippen LogP contribution in [0.25, 0.3) is 0 Å². The van der Waals surface area contributed by atoms with Crippen LogP contribution >= 0.6 is 0 Å². The molecule has 0 saturated carbocycles. The zero-order chi connectivity index (χ0) is 21.6. The zero-order valence-electron chi connectivity index (χ0n) is 18.2. The predicted octanol–water partition coefficient (Wildman–Crippen LogP) is 4.57. The Morgan fingerprint density at radius 3 is 2.74 bits per heavy atom. The minimum atomic E-state index is 0.224. The lowest BCUT2D eigenvalue weighted by Crippen LogP contribution is -2.39. The molecule has 3 aromatic rings. The summed E-state index contributed by atoms with van der Waals surface area (Å²) in [6, 6.07) is 16.2. The maximum Gasteiger partial charge on any atom is 0.222 e. The molecule has 6 heteroatoms. The number of rotatable bonds is 6. The molecule has 0 aliphatic carbocycles. The molecule has 0 spiro atoms. The first kappa shape index (κ1) is 21.0. The minimum Gasteiger partial charge on any atom is -0.342 e. The van der Waals surface area contributed by atoms with Crippen LogP contribution in [0, 0.1) is 13.8 Å². The molecule has 0 unspecified atom stereocenters. The Bertz CT molecular complexity index is 1040. The van der Waals surface area contributed by atoms with Crippen LogP contribution in [0.5, 0.6) is 0 Å². The SMILES string of the molecule is Cc1ccnc(Nc2cc([C@H]3CCCN(C(=O)CCc4ccccc4)C3)nc(C)n2)c1. The fourth-order valence-corrected chi connectivity index (χ4v) is 4.10. The van der Waals surface area contributed by atoms with Gasteiger partial charge >= 0.3 is 0 Å². The van der Waals surface area contributed by atoms with E-state index < -0.39 is 0 Å². The molecule has 3 heterocycles. The van der Waals surface area contributed by atoms with Crippen molar-refractivity contribution in [2.45, 2.75) is 45.4 Å². The fourth-order valence-electron chi connectivity index (χ4n) is 4.10. The van der Waals surface area contributed by atoms with Crippen molar-refractivity contribution in [3.05, 3.63) is 77.4 Å². The number of nitrogens with zero attached hydrogens (tertiary/aromatic N) is 4. The van der Waals surface area contributed by atoms with Crippen molar-refractivity contribution in [2.75, 3.05) is 18.4 Å². The molecule has 0 radical (unpaired) electrons. The topological polar surface area (TPSA) is 71.0 Å². The highest BCUT2D eigenvalue weighted by Crippen LogP contribution is 2.28. The third-order valence-corrected chi connectivity index (χ3v) is 5.69. The summed E-state index contributed by atoms with van der Waals surface area (Å²) in [5.41, 5.74) is 3.33. The standard InChI is InChI=1S/C25H29N5O/c1-18-12-13-26-23(15-18)29-24-16-22(27-19(2)28-24)21-9-6-14-30(17-21)25(31)11-10-20-7-4-3-5-8-20/h3-5,7-8,12-13,15-16,21H,6,9-11,14,17H2,1-2H3,(H,26,27,28,29)/t21-/m0/s1. The Balaban J connectivity index is 1.42. The molecule has 1 N–H and O–H groups in total. The fraction of sp³-hybridized carbons (Fsp3) is 0.360. The summed E-state index contributed by atoms with van der Waals surface area (Å²) in [6.07, 6.45) is 5.14. The van der Waals surface area contributed by atoms with E-state index in [4.69, 9.17) is 4.98 Å². The van der Waals surface area contributed by atoms with Gasteiger partial charge in [-0.2, -0.15) is 0 Å². The number of amides is 1. The number of piperidine rings is 1. The van der Waals surface area contributed by atoms with Gasteiger partial charge in [0.05, 0.1) is 5.69 Å². The van der Waals surface area contributed by atoms with Crippen molar-refractivity contribution < 1.29 is 4.79 Å². The molecule has 2 aromatic heterocycles. The summed E-state index contributed by atoms with van der Waals surface area (Å²) in [5, 5.41) is 3.29. The Morgan fingerprint density at radius 2 is 1.94 bits per heavy atom. The highest BCUT2D eigenvalue weighted by atomic mass is 16.2. The maximum absolute atomic E-state index is 12.8. The number of benzene rings is 1. The lowest BCUT2D eigenvalue weighted by atomic mass is 9.94. The molecular formula is C25H29N5O. The van der Waals surface area contributed by atoms with E-state index in [1.54, 1.807) is 6.20 Å². The Kier molecular flexibility index (Phi) is 6.55. The summed E-state index contributed by atoms with van der Waals surface area (Å²) < 4.78 is 0. The number of hydrogen-bond acceptors (Lipinski definition) is 5. The number of carbonyl (C=O) groups excluding carboxylic acids is 1. The number of anilines is 2. The zero-order valence-corrected chi connectivity index (χ0v) is 18.2. The molecule has 1 fully saturated rings. The monoisotopic (exact) mass is 415 g/mol.